The van der Waals surface area contributed by atoms with E-state index in [1.54, 1.807) is 11.3 Å². The number of benzene rings is 1. The molecule has 0 unspecified atom stereocenters. The zero-order valence-electron chi connectivity index (χ0n) is 9.73. The Bertz CT molecular complexity index is 560. The van der Waals surface area contributed by atoms with Crippen molar-refractivity contribution in [3.05, 3.63) is 39.1 Å². The zero-order chi connectivity index (χ0) is 12.6. The number of nitrogens with zero attached hydrogens (tertiary/aromatic N) is 1. The lowest BCUT2D eigenvalue weighted by Crippen LogP contribution is -2.52. The highest BCUT2D eigenvalue weighted by molar-refractivity contribution is 9.10. The number of aromatic nitrogens is 1. The van der Waals surface area contributed by atoms with E-state index in [-0.39, 0.29) is 5.41 Å². The van der Waals surface area contributed by atoms with Crippen molar-refractivity contribution in [3.8, 4) is 11.3 Å². The maximum Gasteiger partial charge on any atom is 0.105 e. The molecule has 2 heterocycles. The Morgan fingerprint density at radius 3 is 2.89 bits per heavy atom. The van der Waals surface area contributed by atoms with E-state index in [2.05, 4.69) is 33.4 Å². The largest absolute Gasteiger partial charge is 0.379 e. The average molecular weight is 325 g/mol. The van der Waals surface area contributed by atoms with Gasteiger partial charge >= 0.3 is 0 Å². The van der Waals surface area contributed by atoms with E-state index in [9.17, 15) is 0 Å². The molecule has 1 aliphatic heterocycles. The lowest BCUT2D eigenvalue weighted by atomic mass is 9.87. The summed E-state index contributed by atoms with van der Waals surface area (Å²) in [6.07, 6.45) is 0. The molecule has 2 N–H and O–H groups in total. The Morgan fingerprint density at radius 2 is 2.28 bits per heavy atom. The van der Waals surface area contributed by atoms with Crippen LogP contribution in [-0.4, -0.2) is 24.7 Å². The van der Waals surface area contributed by atoms with Gasteiger partial charge in [0.25, 0.3) is 0 Å². The van der Waals surface area contributed by atoms with Crippen LogP contribution < -0.4 is 5.73 Å². The molecule has 0 aliphatic carbocycles. The Morgan fingerprint density at radius 1 is 1.44 bits per heavy atom. The summed E-state index contributed by atoms with van der Waals surface area (Å²) in [6.45, 7) is 1.97. The third-order valence-electron chi connectivity index (χ3n) is 3.23. The molecule has 3 rings (SSSR count). The molecule has 3 nitrogen and oxygen atoms in total. The quantitative estimate of drug-likeness (QED) is 0.944. The number of halogens is 1. The Balaban J connectivity index is 1.94. The van der Waals surface area contributed by atoms with Crippen molar-refractivity contribution in [2.75, 3.05) is 19.8 Å². The predicted octanol–water partition coefficient (Wildman–Crippen LogP) is 2.80. The van der Waals surface area contributed by atoms with Crippen LogP contribution >= 0.6 is 27.3 Å². The lowest BCUT2D eigenvalue weighted by molar-refractivity contribution is -0.0550. The van der Waals surface area contributed by atoms with Gasteiger partial charge in [-0.15, -0.1) is 11.3 Å². The van der Waals surface area contributed by atoms with Crippen molar-refractivity contribution in [2.45, 2.75) is 5.41 Å². The second kappa shape index (κ2) is 4.74. The number of ether oxygens (including phenoxy) is 1. The van der Waals surface area contributed by atoms with Gasteiger partial charge in [0, 0.05) is 22.0 Å². The second-order valence-electron chi connectivity index (χ2n) is 4.53. The summed E-state index contributed by atoms with van der Waals surface area (Å²) < 4.78 is 6.36. The lowest BCUT2D eigenvalue weighted by Gasteiger charge is -2.38. The van der Waals surface area contributed by atoms with Crippen molar-refractivity contribution in [2.24, 2.45) is 5.73 Å². The summed E-state index contributed by atoms with van der Waals surface area (Å²) in [5.41, 5.74) is 7.94. The van der Waals surface area contributed by atoms with Crippen LogP contribution in [0.25, 0.3) is 11.3 Å². The molecule has 0 saturated carbocycles. The smallest absolute Gasteiger partial charge is 0.105 e. The maximum atomic E-state index is 5.85. The standard InChI is InChI=1S/C13H13BrN2OS/c14-10-3-1-2-9(4-10)11-5-18-12(16-11)13(6-15)7-17-8-13/h1-5H,6-8,15H2. The molecular formula is C13H13BrN2OS. The third kappa shape index (κ3) is 2.01. The number of nitrogens with two attached hydrogens (primary N) is 1. The first-order valence-electron chi connectivity index (χ1n) is 5.73. The fourth-order valence-electron chi connectivity index (χ4n) is 1.97. The Kier molecular flexibility index (Phi) is 3.23. The van der Waals surface area contributed by atoms with E-state index in [0.717, 1.165) is 20.7 Å². The van der Waals surface area contributed by atoms with Crippen molar-refractivity contribution in [1.29, 1.82) is 0 Å². The van der Waals surface area contributed by atoms with Crippen LogP contribution in [-0.2, 0) is 10.2 Å². The fourth-order valence-corrected chi connectivity index (χ4v) is 3.39. The molecule has 2 aromatic rings. The summed E-state index contributed by atoms with van der Waals surface area (Å²) in [5.74, 6) is 0. The molecule has 18 heavy (non-hydrogen) atoms. The van der Waals surface area contributed by atoms with Crippen molar-refractivity contribution in [3.63, 3.8) is 0 Å². The van der Waals surface area contributed by atoms with Crippen LogP contribution in [0.4, 0.5) is 0 Å². The zero-order valence-corrected chi connectivity index (χ0v) is 12.1. The van der Waals surface area contributed by atoms with Crippen molar-refractivity contribution >= 4 is 27.3 Å². The minimum absolute atomic E-state index is 0.0467. The number of thiazole rings is 1. The summed E-state index contributed by atoms with van der Waals surface area (Å²) in [7, 11) is 0. The topological polar surface area (TPSA) is 48.1 Å². The van der Waals surface area contributed by atoms with Gasteiger partial charge in [-0.25, -0.2) is 4.98 Å². The van der Waals surface area contributed by atoms with E-state index >= 15 is 0 Å². The molecule has 0 amide bonds. The molecule has 1 fully saturated rings. The molecule has 1 aromatic carbocycles. The van der Waals surface area contributed by atoms with Gasteiger partial charge in [0.05, 0.1) is 24.3 Å². The highest BCUT2D eigenvalue weighted by atomic mass is 79.9. The van der Waals surface area contributed by atoms with Crippen molar-refractivity contribution < 1.29 is 4.74 Å². The first-order valence-corrected chi connectivity index (χ1v) is 7.40. The molecular weight excluding hydrogens is 312 g/mol. The van der Waals surface area contributed by atoms with E-state index in [1.165, 1.54) is 0 Å². The summed E-state index contributed by atoms with van der Waals surface area (Å²) in [6, 6.07) is 8.17. The fraction of sp³-hybridized carbons (Fsp3) is 0.308. The van der Waals surface area contributed by atoms with Crippen LogP contribution in [0.2, 0.25) is 0 Å². The van der Waals surface area contributed by atoms with Gasteiger partial charge in [-0.2, -0.15) is 0 Å². The first kappa shape index (κ1) is 12.3. The van der Waals surface area contributed by atoms with Crippen LogP contribution in [0.5, 0.6) is 0 Å². The predicted molar refractivity (Wildman–Crippen MR) is 76.8 cm³/mol. The highest BCUT2D eigenvalue weighted by Crippen LogP contribution is 2.35. The first-order chi connectivity index (χ1) is 8.73. The van der Waals surface area contributed by atoms with Crippen LogP contribution in [0.1, 0.15) is 5.01 Å². The van der Waals surface area contributed by atoms with Gasteiger partial charge < -0.3 is 10.5 Å². The minimum atomic E-state index is -0.0467. The third-order valence-corrected chi connectivity index (χ3v) is 4.81. The van der Waals surface area contributed by atoms with Gasteiger partial charge in [0.15, 0.2) is 0 Å². The minimum Gasteiger partial charge on any atom is -0.379 e. The molecule has 5 heteroatoms. The number of hydrogen-bond donors (Lipinski definition) is 1. The van der Waals surface area contributed by atoms with Crippen molar-refractivity contribution in [1.82, 2.24) is 4.98 Å². The summed E-state index contributed by atoms with van der Waals surface area (Å²) in [5, 5.41) is 3.18. The normalized spacial score (nSPS) is 17.4. The number of rotatable bonds is 3. The van der Waals surface area contributed by atoms with Gasteiger partial charge in [0.1, 0.15) is 5.01 Å². The van der Waals surface area contributed by atoms with E-state index in [4.69, 9.17) is 15.5 Å². The molecule has 1 saturated heterocycles. The monoisotopic (exact) mass is 324 g/mol. The molecule has 0 spiro atoms. The van der Waals surface area contributed by atoms with E-state index < -0.39 is 0 Å². The molecule has 1 aliphatic rings. The Hall–Kier alpha value is -0.750. The summed E-state index contributed by atoms with van der Waals surface area (Å²) in [4.78, 5) is 4.72. The Labute approximate surface area is 118 Å². The molecule has 0 bridgehead atoms. The second-order valence-corrected chi connectivity index (χ2v) is 6.30. The van der Waals surface area contributed by atoms with E-state index in [1.807, 2.05) is 12.1 Å². The van der Waals surface area contributed by atoms with Gasteiger partial charge in [-0.3, -0.25) is 0 Å². The molecule has 1 aromatic heterocycles. The molecule has 94 valence electrons. The van der Waals surface area contributed by atoms with Gasteiger partial charge in [0.2, 0.25) is 0 Å². The van der Waals surface area contributed by atoms with Gasteiger partial charge in [-0.05, 0) is 12.1 Å². The highest BCUT2D eigenvalue weighted by Gasteiger charge is 2.41. The molecule has 0 atom stereocenters. The molecule has 0 radical (unpaired) electrons. The maximum absolute atomic E-state index is 5.85. The van der Waals surface area contributed by atoms with Crippen LogP contribution in [0, 0.1) is 0 Å². The van der Waals surface area contributed by atoms with Crippen LogP contribution in [0.3, 0.4) is 0 Å². The van der Waals surface area contributed by atoms with Crippen LogP contribution in [0.15, 0.2) is 34.1 Å². The van der Waals surface area contributed by atoms with Gasteiger partial charge in [-0.1, -0.05) is 28.1 Å². The SMILES string of the molecule is NCC1(c2nc(-c3cccc(Br)c3)cs2)COC1. The summed E-state index contributed by atoms with van der Waals surface area (Å²) >= 11 is 5.15. The number of hydrogen-bond acceptors (Lipinski definition) is 4. The average Bonchev–Trinajstić information content (AvgIpc) is 2.78. The van der Waals surface area contributed by atoms with E-state index in [0.29, 0.717) is 19.8 Å².